The first-order valence-corrected chi connectivity index (χ1v) is 20.3. The van der Waals surface area contributed by atoms with Crippen molar-refractivity contribution in [3.8, 4) is 0 Å². The Bertz CT molecular complexity index is 972. The zero-order valence-corrected chi connectivity index (χ0v) is 35.2. The van der Waals surface area contributed by atoms with Gasteiger partial charge in [0.25, 0.3) is 0 Å². The quantitative estimate of drug-likeness (QED) is 0.0911. The van der Waals surface area contributed by atoms with Crippen molar-refractivity contribution in [1.29, 1.82) is 0 Å². The molecule has 0 spiro atoms. The van der Waals surface area contributed by atoms with Crippen molar-refractivity contribution in [2.75, 3.05) is 80.9 Å². The standard InChI is InChI=1S/C14H26N2O4.C14H22N2O4.C11H20N2.Ru/c1-17-19-9-11-3-5-15-13(7-11)14-8-12(4-6-16-14)10-20-18-2;1-19-13(17)9-3-5-15-11(7-9)12-8-10(4-6-16-12)14(18)20-2;1-9-5-7-13-11(8-9)10-4-2-3-6-12-10;/h11-14H,3-10H2,1-2H3;9-12H,3-8H2,1-2H3;9-11H,2-8H2,1H3;/q3*-2;+6. The third-order valence-electron chi connectivity index (χ3n) is 11.8. The SMILES string of the molecule is CC1CC[N-]C(C2CCCC[N-]2)C1.COC(=O)C1CC[N-]C(C2CC(C(=O)OC)CC[N-]2)C1.COOCC1CC[N-]C(C2CC(COOC)CC[N-]2)C1.[Ru+6]. The van der Waals surface area contributed by atoms with E-state index in [9.17, 15) is 9.59 Å². The van der Waals surface area contributed by atoms with Crippen molar-refractivity contribution < 1.29 is 58.1 Å². The van der Waals surface area contributed by atoms with E-state index in [1.54, 1.807) is 14.2 Å². The maximum atomic E-state index is 11.6. The Morgan fingerprint density at radius 2 is 0.889 bits per heavy atom. The molecule has 6 saturated heterocycles. The number of hydrogen-bond acceptors (Lipinski definition) is 8. The number of methoxy groups -OCH3 is 2. The molecule has 6 aliphatic rings. The fourth-order valence-electron chi connectivity index (χ4n) is 8.65. The van der Waals surface area contributed by atoms with E-state index in [-0.39, 0.29) is 55.3 Å². The summed E-state index contributed by atoms with van der Waals surface area (Å²) in [7, 11) is 5.95. The molecule has 0 aromatic carbocycles. The van der Waals surface area contributed by atoms with Gasteiger partial charge >= 0.3 is 31.4 Å². The van der Waals surface area contributed by atoms with Crippen molar-refractivity contribution in [2.24, 2.45) is 29.6 Å². The molecule has 6 aliphatic heterocycles. The van der Waals surface area contributed by atoms with Crippen LogP contribution in [0.1, 0.15) is 90.4 Å². The molecule has 54 heavy (non-hydrogen) atoms. The zero-order chi connectivity index (χ0) is 37.8. The van der Waals surface area contributed by atoms with Gasteiger partial charge in [0.15, 0.2) is 0 Å². The van der Waals surface area contributed by atoms with Crippen molar-refractivity contribution in [3.63, 3.8) is 0 Å². The summed E-state index contributed by atoms with van der Waals surface area (Å²) >= 11 is 0. The van der Waals surface area contributed by atoms with Crippen LogP contribution in [0.5, 0.6) is 0 Å². The van der Waals surface area contributed by atoms with Gasteiger partial charge in [0, 0.05) is 0 Å². The van der Waals surface area contributed by atoms with Crippen LogP contribution in [-0.4, -0.2) is 129 Å². The molecular weight excluding hydrogens is 782 g/mol. The molecule has 0 N–H and O–H groups in total. The molecule has 11 atom stereocenters. The minimum absolute atomic E-state index is 0. The van der Waals surface area contributed by atoms with Crippen LogP contribution in [0.15, 0.2) is 0 Å². The van der Waals surface area contributed by atoms with Gasteiger partial charge in [-0.3, -0.25) is 9.59 Å². The van der Waals surface area contributed by atoms with Crippen LogP contribution in [-0.2, 0) is 58.1 Å². The summed E-state index contributed by atoms with van der Waals surface area (Å²) in [5.74, 6) is 1.44. The minimum atomic E-state index is -0.162. The van der Waals surface area contributed by atoms with Gasteiger partial charge in [0.1, 0.15) is 0 Å². The Balaban J connectivity index is 0.000000221. The van der Waals surface area contributed by atoms with Crippen LogP contribution in [0.2, 0.25) is 0 Å². The molecule has 14 nitrogen and oxygen atoms in total. The summed E-state index contributed by atoms with van der Waals surface area (Å²) in [5, 5.41) is 28.1. The fraction of sp³-hybridized carbons (Fsp3) is 0.949. The summed E-state index contributed by atoms with van der Waals surface area (Å²) in [6, 6.07) is 1.88. The van der Waals surface area contributed by atoms with Crippen LogP contribution >= 0.6 is 0 Å². The van der Waals surface area contributed by atoms with Crippen LogP contribution in [0.3, 0.4) is 0 Å². The van der Waals surface area contributed by atoms with Crippen LogP contribution < -0.4 is 0 Å². The van der Waals surface area contributed by atoms with Crippen LogP contribution in [0, 0.1) is 29.6 Å². The minimum Gasteiger partial charge on any atom is -0.661 e. The molecule has 6 fully saturated rings. The molecule has 11 unspecified atom stereocenters. The van der Waals surface area contributed by atoms with Crippen molar-refractivity contribution in [3.05, 3.63) is 31.9 Å². The number of piperidine rings is 6. The normalized spacial score (nSPS) is 35.8. The van der Waals surface area contributed by atoms with Crippen LogP contribution in [0.25, 0.3) is 31.9 Å². The maximum absolute atomic E-state index is 11.6. The van der Waals surface area contributed by atoms with Gasteiger partial charge in [-0.1, -0.05) is 90.4 Å². The predicted octanol–water partition coefficient (Wildman–Crippen LogP) is 7.17. The first-order chi connectivity index (χ1) is 25.8. The molecule has 6 heterocycles. The van der Waals surface area contributed by atoms with Gasteiger partial charge < -0.3 is 41.4 Å². The van der Waals surface area contributed by atoms with E-state index in [2.05, 4.69) is 17.6 Å². The Morgan fingerprint density at radius 3 is 1.30 bits per heavy atom. The summed E-state index contributed by atoms with van der Waals surface area (Å²) in [6.45, 7) is 8.99. The van der Waals surface area contributed by atoms with Crippen molar-refractivity contribution >= 4 is 11.9 Å². The second kappa shape index (κ2) is 27.0. The Morgan fingerprint density at radius 1 is 0.481 bits per heavy atom. The summed E-state index contributed by atoms with van der Waals surface area (Å²) < 4.78 is 9.63. The fourth-order valence-corrected chi connectivity index (χ4v) is 8.65. The van der Waals surface area contributed by atoms with E-state index >= 15 is 0 Å². The molecule has 6 rings (SSSR count). The van der Waals surface area contributed by atoms with E-state index in [4.69, 9.17) is 50.3 Å². The maximum Gasteiger partial charge on any atom is 6.00 e. The molecule has 15 heteroatoms. The van der Waals surface area contributed by atoms with Gasteiger partial charge in [0.2, 0.25) is 0 Å². The number of carbonyl (C=O) groups excluding carboxylic acids is 2. The van der Waals surface area contributed by atoms with E-state index < -0.39 is 0 Å². The summed E-state index contributed by atoms with van der Waals surface area (Å²) in [6.07, 6.45) is 13.7. The Kier molecular flexibility index (Phi) is 23.7. The Labute approximate surface area is 338 Å². The largest absolute Gasteiger partial charge is 6.00 e. The molecule has 0 aromatic rings. The third-order valence-corrected chi connectivity index (χ3v) is 11.8. The second-order valence-electron chi connectivity index (χ2n) is 15.6. The van der Waals surface area contributed by atoms with Gasteiger partial charge in [0.05, 0.1) is 53.5 Å². The molecular formula is C39H68N6O8Ru. The first-order valence-electron chi connectivity index (χ1n) is 20.3. The molecule has 0 aromatic heterocycles. The number of rotatable bonds is 11. The first kappa shape index (κ1) is 47.5. The average Bonchev–Trinajstić information content (AvgIpc) is 3.22. The second-order valence-corrected chi connectivity index (χ2v) is 15.6. The van der Waals surface area contributed by atoms with Gasteiger partial charge in [-0.25, -0.2) is 19.6 Å². The molecule has 0 amide bonds. The number of ether oxygens (including phenoxy) is 2. The van der Waals surface area contributed by atoms with Gasteiger partial charge in [-0.15, -0.1) is 39.3 Å². The molecule has 0 bridgehead atoms. The number of carbonyl (C=O) groups is 2. The molecule has 0 aliphatic carbocycles. The predicted molar refractivity (Wildman–Crippen MR) is 205 cm³/mol. The topological polar surface area (TPSA) is 174 Å². The molecule has 310 valence electrons. The third kappa shape index (κ3) is 16.2. The van der Waals surface area contributed by atoms with E-state index in [1.165, 1.54) is 46.3 Å². The van der Waals surface area contributed by atoms with Gasteiger partial charge in [-0.2, -0.15) is 36.3 Å². The number of nitrogens with zero attached hydrogens (tertiary/aromatic N) is 6. The summed E-state index contributed by atoms with van der Waals surface area (Å²) in [4.78, 5) is 42.8. The smallest absolute Gasteiger partial charge is 0.661 e. The molecule has 0 radical (unpaired) electrons. The van der Waals surface area contributed by atoms with Gasteiger partial charge in [-0.05, 0) is 17.8 Å². The molecule has 0 saturated carbocycles. The number of hydrogen-bond donors (Lipinski definition) is 0. The Hall–Kier alpha value is -0.837. The van der Waals surface area contributed by atoms with Crippen LogP contribution in [0.4, 0.5) is 0 Å². The van der Waals surface area contributed by atoms with Crippen molar-refractivity contribution in [2.45, 2.75) is 127 Å². The van der Waals surface area contributed by atoms with E-state index in [0.29, 0.717) is 75.1 Å². The van der Waals surface area contributed by atoms with E-state index in [1.807, 2.05) is 0 Å². The average molecular weight is 850 g/mol. The van der Waals surface area contributed by atoms with E-state index in [0.717, 1.165) is 70.6 Å². The van der Waals surface area contributed by atoms with Crippen molar-refractivity contribution in [1.82, 2.24) is 0 Å². The summed E-state index contributed by atoms with van der Waals surface area (Å²) in [5.41, 5.74) is 0. The monoisotopic (exact) mass is 850 g/mol. The number of esters is 2. The zero-order valence-electron chi connectivity index (χ0n) is 33.5.